The van der Waals surface area contributed by atoms with Crippen LogP contribution in [0.1, 0.15) is 34.8 Å². The Hall–Kier alpha value is -2.76. The first-order valence-corrected chi connectivity index (χ1v) is 7.71. The first-order chi connectivity index (χ1) is 11.4. The van der Waals surface area contributed by atoms with Crippen LogP contribution in [0.25, 0.3) is 0 Å². The zero-order chi connectivity index (χ0) is 17.7. The first kappa shape index (κ1) is 17.6. The lowest BCUT2D eigenvalue weighted by Crippen LogP contribution is -2.31. The molecule has 0 unspecified atom stereocenters. The monoisotopic (exact) mass is 330 g/mol. The largest absolute Gasteiger partial charge is 0.334 e. The summed E-state index contributed by atoms with van der Waals surface area (Å²) >= 11 is 0. The number of nitrogens with zero attached hydrogens (tertiary/aromatic N) is 2. The lowest BCUT2D eigenvalue weighted by Gasteiger charge is -2.22. The van der Waals surface area contributed by atoms with Crippen molar-refractivity contribution in [2.24, 2.45) is 0 Å². The molecule has 24 heavy (non-hydrogen) atoms. The molecule has 0 saturated carbocycles. The highest BCUT2D eigenvalue weighted by Crippen LogP contribution is 2.24. The molecule has 0 N–H and O–H groups in total. The van der Waals surface area contributed by atoms with Gasteiger partial charge in [-0.15, -0.1) is 0 Å². The van der Waals surface area contributed by atoms with Crippen LogP contribution in [-0.2, 0) is 6.54 Å². The Morgan fingerprint density at radius 1 is 1.25 bits per heavy atom. The van der Waals surface area contributed by atoms with E-state index < -0.39 is 16.6 Å². The standard InChI is InChI=1S/C18H19FN2O3/c1-3-9-20(12-14-7-5-4-6-8-14)18(22)15-10-16(19)13(2)17(11-15)21(23)24/h4-8,10-11H,3,9,12H2,1-2H3. The zero-order valence-electron chi connectivity index (χ0n) is 13.7. The molecule has 0 aromatic heterocycles. The fourth-order valence-electron chi connectivity index (χ4n) is 2.49. The topological polar surface area (TPSA) is 63.5 Å². The van der Waals surface area contributed by atoms with Crippen LogP contribution in [0.2, 0.25) is 0 Å². The average Bonchev–Trinajstić information content (AvgIpc) is 2.57. The van der Waals surface area contributed by atoms with Crippen molar-refractivity contribution < 1.29 is 14.1 Å². The minimum Gasteiger partial charge on any atom is -0.334 e. The van der Waals surface area contributed by atoms with E-state index >= 15 is 0 Å². The molecule has 0 atom stereocenters. The van der Waals surface area contributed by atoms with Gasteiger partial charge in [-0.25, -0.2) is 4.39 Å². The summed E-state index contributed by atoms with van der Waals surface area (Å²) in [4.78, 5) is 24.7. The molecule has 0 heterocycles. The maximum Gasteiger partial charge on any atom is 0.276 e. The number of benzene rings is 2. The van der Waals surface area contributed by atoms with E-state index in [-0.39, 0.29) is 16.8 Å². The normalized spacial score (nSPS) is 10.5. The van der Waals surface area contributed by atoms with Gasteiger partial charge in [-0.05, 0) is 25.0 Å². The van der Waals surface area contributed by atoms with Gasteiger partial charge in [0.05, 0.1) is 10.5 Å². The summed E-state index contributed by atoms with van der Waals surface area (Å²) in [5, 5.41) is 11.0. The molecule has 0 radical (unpaired) electrons. The number of amides is 1. The van der Waals surface area contributed by atoms with E-state index in [4.69, 9.17) is 0 Å². The van der Waals surface area contributed by atoms with Crippen LogP contribution in [0.3, 0.4) is 0 Å². The maximum atomic E-state index is 14.0. The Morgan fingerprint density at radius 2 is 1.92 bits per heavy atom. The predicted molar refractivity (Wildman–Crippen MR) is 89.3 cm³/mol. The second kappa shape index (κ2) is 7.68. The quantitative estimate of drug-likeness (QED) is 0.592. The molecule has 2 aromatic carbocycles. The van der Waals surface area contributed by atoms with E-state index in [0.29, 0.717) is 13.1 Å². The van der Waals surface area contributed by atoms with Gasteiger partial charge in [-0.1, -0.05) is 37.3 Å². The summed E-state index contributed by atoms with van der Waals surface area (Å²) in [7, 11) is 0. The van der Waals surface area contributed by atoms with E-state index in [1.165, 1.54) is 6.92 Å². The van der Waals surface area contributed by atoms with E-state index in [1.54, 1.807) is 4.90 Å². The van der Waals surface area contributed by atoms with Crippen molar-refractivity contribution >= 4 is 11.6 Å². The number of carbonyl (C=O) groups is 1. The summed E-state index contributed by atoms with van der Waals surface area (Å²) in [6, 6.07) is 11.6. The van der Waals surface area contributed by atoms with Crippen LogP contribution in [0.5, 0.6) is 0 Å². The molecular formula is C18H19FN2O3. The van der Waals surface area contributed by atoms with Crippen molar-refractivity contribution in [3.05, 3.63) is 75.1 Å². The highest BCUT2D eigenvalue weighted by atomic mass is 19.1. The van der Waals surface area contributed by atoms with Crippen LogP contribution in [0.4, 0.5) is 10.1 Å². The van der Waals surface area contributed by atoms with Gasteiger partial charge in [0.15, 0.2) is 0 Å². The first-order valence-electron chi connectivity index (χ1n) is 7.71. The van der Waals surface area contributed by atoms with Gasteiger partial charge in [-0.3, -0.25) is 14.9 Å². The number of carbonyl (C=O) groups excluding carboxylic acids is 1. The molecule has 0 bridgehead atoms. The molecule has 2 rings (SSSR count). The number of hydrogen-bond acceptors (Lipinski definition) is 3. The van der Waals surface area contributed by atoms with Gasteiger partial charge >= 0.3 is 0 Å². The van der Waals surface area contributed by atoms with E-state index in [0.717, 1.165) is 24.1 Å². The van der Waals surface area contributed by atoms with Crippen molar-refractivity contribution in [3.8, 4) is 0 Å². The van der Waals surface area contributed by atoms with E-state index in [2.05, 4.69) is 0 Å². The van der Waals surface area contributed by atoms with Crippen LogP contribution >= 0.6 is 0 Å². The van der Waals surface area contributed by atoms with Crippen LogP contribution in [0.15, 0.2) is 42.5 Å². The lowest BCUT2D eigenvalue weighted by molar-refractivity contribution is -0.385. The van der Waals surface area contributed by atoms with Gasteiger partial charge in [0.1, 0.15) is 5.82 Å². The number of halogens is 1. The Balaban J connectivity index is 2.34. The van der Waals surface area contributed by atoms with Crippen molar-refractivity contribution in [2.75, 3.05) is 6.54 Å². The molecule has 0 spiro atoms. The van der Waals surface area contributed by atoms with Gasteiger partial charge in [-0.2, -0.15) is 0 Å². The third kappa shape index (κ3) is 3.95. The number of hydrogen-bond donors (Lipinski definition) is 0. The van der Waals surface area contributed by atoms with Gasteiger partial charge < -0.3 is 4.90 Å². The summed E-state index contributed by atoms with van der Waals surface area (Å²) in [6.07, 6.45) is 0.731. The predicted octanol–water partition coefficient (Wildman–Crippen LogP) is 4.09. The van der Waals surface area contributed by atoms with Gasteiger partial charge in [0.25, 0.3) is 11.6 Å². The molecular weight excluding hydrogens is 311 g/mol. The molecule has 0 aliphatic carbocycles. The number of nitro groups is 1. The van der Waals surface area contributed by atoms with Gasteiger partial charge in [0.2, 0.25) is 0 Å². The molecule has 2 aromatic rings. The fourth-order valence-corrected chi connectivity index (χ4v) is 2.49. The smallest absolute Gasteiger partial charge is 0.276 e. The van der Waals surface area contributed by atoms with Crippen molar-refractivity contribution in [2.45, 2.75) is 26.8 Å². The minimum atomic E-state index is -0.747. The Kier molecular flexibility index (Phi) is 5.63. The molecule has 0 aliphatic heterocycles. The molecule has 6 heteroatoms. The minimum absolute atomic E-state index is 0.00539. The second-order valence-electron chi connectivity index (χ2n) is 5.57. The second-order valence-corrected chi connectivity index (χ2v) is 5.57. The van der Waals surface area contributed by atoms with Crippen LogP contribution in [-0.4, -0.2) is 22.3 Å². The third-order valence-electron chi connectivity index (χ3n) is 3.76. The highest BCUT2D eigenvalue weighted by molar-refractivity contribution is 5.95. The molecule has 5 nitrogen and oxygen atoms in total. The third-order valence-corrected chi connectivity index (χ3v) is 3.76. The van der Waals surface area contributed by atoms with Gasteiger partial charge in [0, 0.05) is 24.7 Å². The molecule has 0 aliphatic rings. The van der Waals surface area contributed by atoms with Crippen LogP contribution in [0, 0.1) is 22.9 Å². The van der Waals surface area contributed by atoms with E-state index in [1.807, 2.05) is 37.3 Å². The van der Waals surface area contributed by atoms with E-state index in [9.17, 15) is 19.3 Å². The van der Waals surface area contributed by atoms with Crippen molar-refractivity contribution in [1.29, 1.82) is 0 Å². The summed E-state index contributed by atoms with van der Waals surface area (Å²) in [5.41, 5.74) is 0.492. The summed E-state index contributed by atoms with van der Waals surface area (Å²) < 4.78 is 14.0. The Bertz CT molecular complexity index is 747. The van der Waals surface area contributed by atoms with Crippen molar-refractivity contribution in [1.82, 2.24) is 4.90 Å². The number of rotatable bonds is 6. The average molecular weight is 330 g/mol. The molecule has 0 fully saturated rings. The molecule has 1 amide bonds. The lowest BCUT2D eigenvalue weighted by atomic mass is 10.1. The zero-order valence-corrected chi connectivity index (χ0v) is 13.7. The highest BCUT2D eigenvalue weighted by Gasteiger charge is 2.22. The Morgan fingerprint density at radius 3 is 2.50 bits per heavy atom. The molecule has 126 valence electrons. The maximum absolute atomic E-state index is 14.0. The number of nitro benzene ring substituents is 1. The summed E-state index contributed by atoms with van der Waals surface area (Å²) in [5.74, 6) is -1.16. The summed E-state index contributed by atoms with van der Waals surface area (Å²) in [6.45, 7) is 4.12. The van der Waals surface area contributed by atoms with Crippen molar-refractivity contribution in [3.63, 3.8) is 0 Å². The molecule has 0 saturated heterocycles. The fraction of sp³-hybridized carbons (Fsp3) is 0.278. The SMILES string of the molecule is CCCN(Cc1ccccc1)C(=O)c1cc(F)c(C)c([N+](=O)[O-])c1. The Labute approximate surface area is 139 Å². The van der Waals surface area contributed by atoms with Crippen LogP contribution < -0.4 is 0 Å².